The lowest BCUT2D eigenvalue weighted by molar-refractivity contribution is 1.25. The molecule has 420 valence electrons. The summed E-state index contributed by atoms with van der Waals surface area (Å²) in [5, 5.41) is 6.41. The zero-order valence-electron chi connectivity index (χ0n) is 48.3. The van der Waals surface area contributed by atoms with Crippen LogP contribution in [0.2, 0.25) is 0 Å². The minimum Gasteiger partial charge on any atom is -0.265 e. The van der Waals surface area contributed by atoms with Crippen LogP contribution in [0.25, 0.3) is 167 Å². The summed E-state index contributed by atoms with van der Waals surface area (Å²) in [5.74, 6) is 0. The topological polar surface area (TPSA) is 129 Å². The van der Waals surface area contributed by atoms with Crippen LogP contribution < -0.4 is 0 Å². The van der Waals surface area contributed by atoms with Crippen molar-refractivity contribution in [2.75, 3.05) is 0 Å². The second-order valence-corrected chi connectivity index (χ2v) is 21.9. The molecule has 0 aliphatic carbocycles. The molecule has 0 aliphatic heterocycles. The van der Waals surface area contributed by atoms with E-state index in [1.165, 1.54) is 0 Å². The molecule has 0 saturated heterocycles. The lowest BCUT2D eigenvalue weighted by Crippen LogP contribution is -1.94. The van der Waals surface area contributed by atoms with Crippen molar-refractivity contribution in [2.24, 2.45) is 0 Å². The smallest absolute Gasteiger partial charge is 0.0979 e. The van der Waals surface area contributed by atoms with Crippen LogP contribution in [0.3, 0.4) is 0 Å². The van der Waals surface area contributed by atoms with Crippen molar-refractivity contribution in [2.45, 2.75) is 0 Å². The number of benzene rings is 7. The van der Waals surface area contributed by atoms with Crippen LogP contribution in [-0.2, 0) is 0 Å². The van der Waals surface area contributed by atoms with Crippen LogP contribution in [0.1, 0.15) is 0 Å². The van der Waals surface area contributed by atoms with Crippen molar-refractivity contribution < 1.29 is 0 Å². The molecule has 10 heteroatoms. The molecule has 7 aromatic carbocycles. The summed E-state index contributed by atoms with van der Waals surface area (Å²) in [7, 11) is 0. The highest BCUT2D eigenvalue weighted by Gasteiger charge is 2.18. The third-order valence-corrected chi connectivity index (χ3v) is 16.4. The van der Waals surface area contributed by atoms with Crippen molar-refractivity contribution >= 4 is 65.4 Å². The molecule has 0 amide bonds. The van der Waals surface area contributed by atoms with Crippen molar-refractivity contribution in [3.63, 3.8) is 0 Å². The summed E-state index contributed by atoms with van der Waals surface area (Å²) in [6.07, 6.45) is 11.0. The number of nitrogens with zero attached hydrogens (tertiary/aromatic N) is 10. The van der Waals surface area contributed by atoms with Gasteiger partial charge in [0.15, 0.2) is 0 Å². The van der Waals surface area contributed by atoms with Gasteiger partial charge in [-0.15, -0.1) is 0 Å². The first kappa shape index (κ1) is 53.1. The number of aromatic nitrogens is 10. The van der Waals surface area contributed by atoms with Crippen LogP contribution in [0.4, 0.5) is 0 Å². The Bertz CT molecular complexity index is 5450. The maximum atomic E-state index is 5.23. The van der Waals surface area contributed by atoms with Gasteiger partial charge in [0.1, 0.15) is 0 Å². The van der Waals surface area contributed by atoms with Crippen molar-refractivity contribution in [3.05, 3.63) is 304 Å². The van der Waals surface area contributed by atoms with Gasteiger partial charge in [0.25, 0.3) is 0 Å². The molecule has 0 unspecified atom stereocenters. The Balaban J connectivity index is 0.000000145. The SMILES string of the molecule is c1ccc(-c2cc(-c3ccc(-c4ccc5ccc6c(-c7ccccn7)c7ccccc7nc6c5n4)cc3)cc(-c3ccccn3)c2)nc1.c1ccc(-c2cccc(-c3ccc(-c4ccc5ccc6c(-c7ccncc7)c7ccccc7nc6c5n4)cc3)n2)nc1. The molecule has 0 radical (unpaired) electrons. The minimum absolute atomic E-state index is 0.853. The first-order valence-electron chi connectivity index (χ1n) is 29.7. The Morgan fingerprint density at radius 3 is 1.12 bits per heavy atom. The van der Waals surface area contributed by atoms with Gasteiger partial charge in [-0.1, -0.05) is 152 Å². The fourth-order valence-electron chi connectivity index (χ4n) is 12.1. The molecule has 17 rings (SSSR count). The molecule has 0 spiro atoms. The molecule has 0 aliphatic rings. The van der Waals surface area contributed by atoms with Crippen LogP contribution in [0, 0.1) is 0 Å². The number of fused-ring (bicyclic) bond motifs is 8. The highest BCUT2D eigenvalue weighted by molar-refractivity contribution is 6.17. The number of pyridine rings is 10. The van der Waals surface area contributed by atoms with E-state index in [1.807, 2.05) is 128 Å². The molecular formula is C80H50N10. The van der Waals surface area contributed by atoms with Gasteiger partial charge in [0.05, 0.1) is 78.7 Å². The largest absolute Gasteiger partial charge is 0.265 e. The maximum absolute atomic E-state index is 5.23. The predicted octanol–water partition coefficient (Wildman–Crippen LogP) is 19.2. The molecule has 0 saturated carbocycles. The van der Waals surface area contributed by atoms with Crippen LogP contribution in [0.15, 0.2) is 304 Å². The quantitative estimate of drug-likeness (QED) is 0.102. The zero-order chi connectivity index (χ0) is 59.7. The second-order valence-electron chi connectivity index (χ2n) is 21.9. The van der Waals surface area contributed by atoms with Gasteiger partial charge in [-0.05, 0) is 132 Å². The number of para-hydroxylation sites is 2. The number of hydrogen-bond donors (Lipinski definition) is 0. The summed E-state index contributed by atoms with van der Waals surface area (Å²) in [5.41, 5.74) is 23.3. The molecule has 0 bridgehead atoms. The Morgan fingerprint density at radius 1 is 0.189 bits per heavy atom. The molecule has 17 aromatic rings. The van der Waals surface area contributed by atoms with Gasteiger partial charge in [0.2, 0.25) is 0 Å². The average Bonchev–Trinajstić information content (AvgIpc) is 0.857. The summed E-state index contributed by atoms with van der Waals surface area (Å²) in [4.78, 5) is 48.2. The van der Waals surface area contributed by atoms with Gasteiger partial charge in [-0.2, -0.15) is 0 Å². The minimum atomic E-state index is 0.853. The van der Waals surface area contributed by atoms with Crippen LogP contribution in [0.5, 0.6) is 0 Å². The monoisotopic (exact) mass is 1150 g/mol. The third kappa shape index (κ3) is 10.1. The van der Waals surface area contributed by atoms with Gasteiger partial charge in [-0.3, -0.25) is 24.9 Å². The van der Waals surface area contributed by atoms with E-state index in [9.17, 15) is 0 Å². The fraction of sp³-hybridized carbons (Fsp3) is 0. The van der Waals surface area contributed by atoms with E-state index in [0.717, 1.165) is 167 Å². The van der Waals surface area contributed by atoms with Gasteiger partial charge in [-0.25, -0.2) is 24.9 Å². The third-order valence-electron chi connectivity index (χ3n) is 16.4. The molecular weight excluding hydrogens is 1100 g/mol. The first-order chi connectivity index (χ1) is 44.6. The van der Waals surface area contributed by atoms with E-state index in [0.29, 0.717) is 0 Å². The first-order valence-corrected chi connectivity index (χ1v) is 29.7. The molecule has 10 heterocycles. The predicted molar refractivity (Wildman–Crippen MR) is 365 cm³/mol. The highest BCUT2D eigenvalue weighted by Crippen LogP contribution is 2.40. The molecule has 90 heavy (non-hydrogen) atoms. The number of hydrogen-bond acceptors (Lipinski definition) is 10. The van der Waals surface area contributed by atoms with Crippen LogP contribution >= 0.6 is 0 Å². The molecule has 0 N–H and O–H groups in total. The van der Waals surface area contributed by atoms with E-state index in [1.54, 1.807) is 6.20 Å². The zero-order valence-corrected chi connectivity index (χ0v) is 48.3. The van der Waals surface area contributed by atoms with E-state index in [4.69, 9.17) is 29.9 Å². The van der Waals surface area contributed by atoms with E-state index < -0.39 is 0 Å². The van der Waals surface area contributed by atoms with Gasteiger partial charge in [0, 0.05) is 108 Å². The Kier molecular flexibility index (Phi) is 13.6. The Morgan fingerprint density at radius 2 is 0.600 bits per heavy atom. The van der Waals surface area contributed by atoms with Crippen molar-refractivity contribution in [1.82, 2.24) is 49.8 Å². The summed E-state index contributed by atoms with van der Waals surface area (Å²) in [6.45, 7) is 0. The Hall–Kier alpha value is -12.4. The molecule has 0 fully saturated rings. The lowest BCUT2D eigenvalue weighted by atomic mass is 9.95. The standard InChI is InChI=1S/C43H27N5.C37H23N5/c1-2-12-39-34(9-1)41(40-13-5-8-24-46-40)35-20-18-30-19-21-38(47-42(30)43(35)48-39)29-16-14-28(15-17-29)31-25-32(36-10-3-6-22-44-36)27-33(26-31)37-11-4-7-23-45-37;1-2-7-32-28(6-1)35(26-19-22-38-23-20-26)29-17-15-27-16-18-31(41-36(27)37(29)42-32)25-13-11-24(12-14-25)30-9-5-10-34(40-30)33-8-3-4-21-39-33/h1-27H;1-23H. The lowest BCUT2D eigenvalue weighted by Gasteiger charge is -2.13. The van der Waals surface area contributed by atoms with Gasteiger partial charge < -0.3 is 0 Å². The normalized spacial score (nSPS) is 11.3. The Labute approximate surface area is 517 Å². The van der Waals surface area contributed by atoms with Crippen LogP contribution in [-0.4, -0.2) is 49.8 Å². The maximum Gasteiger partial charge on any atom is 0.0979 e. The fourth-order valence-corrected chi connectivity index (χ4v) is 12.1. The second kappa shape index (κ2) is 23.1. The average molecular weight is 1150 g/mol. The van der Waals surface area contributed by atoms with Gasteiger partial charge >= 0.3 is 0 Å². The van der Waals surface area contributed by atoms with E-state index in [2.05, 4.69) is 190 Å². The summed E-state index contributed by atoms with van der Waals surface area (Å²) >= 11 is 0. The highest BCUT2D eigenvalue weighted by atomic mass is 14.8. The molecule has 10 nitrogen and oxygen atoms in total. The van der Waals surface area contributed by atoms with Crippen molar-refractivity contribution in [1.29, 1.82) is 0 Å². The van der Waals surface area contributed by atoms with E-state index in [-0.39, 0.29) is 0 Å². The number of rotatable bonds is 9. The van der Waals surface area contributed by atoms with Crippen molar-refractivity contribution in [3.8, 4) is 101 Å². The molecule has 10 aromatic heterocycles. The molecule has 0 atom stereocenters. The summed E-state index contributed by atoms with van der Waals surface area (Å²) < 4.78 is 0. The summed E-state index contributed by atoms with van der Waals surface area (Å²) in [6, 6.07) is 91.1. The van der Waals surface area contributed by atoms with E-state index >= 15 is 0 Å².